The Balaban J connectivity index is 0.00000113. The van der Waals surface area contributed by atoms with E-state index in [0.717, 1.165) is 42.1 Å². The molecule has 2 nitrogen and oxygen atoms in total. The number of aryl methyl sites for hydroxylation is 1. The van der Waals surface area contributed by atoms with E-state index in [1.54, 1.807) is 0 Å². The van der Waals surface area contributed by atoms with Crippen molar-refractivity contribution in [1.29, 1.82) is 0 Å². The summed E-state index contributed by atoms with van der Waals surface area (Å²) in [7, 11) is 0. The van der Waals surface area contributed by atoms with E-state index in [-0.39, 0.29) is 44.6 Å². The van der Waals surface area contributed by atoms with Gasteiger partial charge >= 0.3 is 0 Å². The van der Waals surface area contributed by atoms with Crippen molar-refractivity contribution < 1.29 is 43.4 Å². The molecule has 1 aromatic carbocycles. The Morgan fingerprint density at radius 2 is 1.96 bits per heavy atom. The second-order valence-electron chi connectivity index (χ2n) is 8.76. The first kappa shape index (κ1) is 21.1. The maximum atomic E-state index is 10.7. The van der Waals surface area contributed by atoms with E-state index in [0.29, 0.717) is 17.6 Å². The minimum atomic E-state index is -0.0354. The first-order chi connectivity index (χ1) is 10.9. The van der Waals surface area contributed by atoms with E-state index in [4.69, 9.17) is 4.74 Å². The van der Waals surface area contributed by atoms with Gasteiger partial charge in [-0.15, -0.1) is 12.1 Å². The van der Waals surface area contributed by atoms with Crippen molar-refractivity contribution in [3.05, 3.63) is 23.3 Å². The molecular formula is C21H29Co2O2-. The Labute approximate surface area is 172 Å². The number of rotatable bonds is 4. The van der Waals surface area contributed by atoms with Crippen LogP contribution in [0.1, 0.15) is 76.8 Å². The van der Waals surface area contributed by atoms with Crippen LogP contribution in [0.4, 0.5) is 0 Å². The second-order valence-corrected chi connectivity index (χ2v) is 8.76. The summed E-state index contributed by atoms with van der Waals surface area (Å²) in [5, 5.41) is 10.7. The van der Waals surface area contributed by atoms with Gasteiger partial charge in [0.2, 0.25) is 0 Å². The number of ether oxygens (including phenoxy) is 1. The van der Waals surface area contributed by atoms with Crippen LogP contribution in [0.15, 0.2) is 6.07 Å². The molecule has 2 radical (unpaired) electrons. The minimum absolute atomic E-state index is 0. The van der Waals surface area contributed by atoms with E-state index in [2.05, 4.69) is 39.8 Å². The Morgan fingerprint density at radius 1 is 1.24 bits per heavy atom. The SMILES string of the molecule is CCCCCc1[c-]c(O)c2c(c1)OC1(C)CCC3C1C2C3(C)C.[Co].[Co]. The van der Waals surface area contributed by atoms with E-state index in [9.17, 15) is 5.11 Å². The van der Waals surface area contributed by atoms with Crippen molar-refractivity contribution in [2.24, 2.45) is 17.3 Å². The van der Waals surface area contributed by atoms with Crippen LogP contribution in [-0.4, -0.2) is 10.7 Å². The van der Waals surface area contributed by atoms with Crippen molar-refractivity contribution in [3.8, 4) is 11.5 Å². The predicted molar refractivity (Wildman–Crippen MR) is 91.9 cm³/mol. The third-order valence-electron chi connectivity index (χ3n) is 7.02. The smallest absolute Gasteiger partial charge is 0.106 e. The first-order valence-corrected chi connectivity index (χ1v) is 9.35. The van der Waals surface area contributed by atoms with Gasteiger partial charge in [0, 0.05) is 45.1 Å². The van der Waals surface area contributed by atoms with Crippen molar-refractivity contribution in [3.63, 3.8) is 0 Å². The molecular weight excluding hydrogens is 402 g/mol. The number of hydrogen-bond acceptors (Lipinski definition) is 2. The van der Waals surface area contributed by atoms with Crippen molar-refractivity contribution in [2.75, 3.05) is 0 Å². The van der Waals surface area contributed by atoms with Gasteiger partial charge in [0.1, 0.15) is 5.60 Å². The molecule has 0 aromatic heterocycles. The maximum absolute atomic E-state index is 10.7. The maximum Gasteiger partial charge on any atom is 0.106 e. The van der Waals surface area contributed by atoms with Crippen molar-refractivity contribution in [2.45, 2.75) is 77.7 Å². The second kappa shape index (κ2) is 7.10. The van der Waals surface area contributed by atoms with Gasteiger partial charge in [-0.1, -0.05) is 52.0 Å². The number of benzene rings is 1. The first-order valence-electron chi connectivity index (χ1n) is 9.35. The van der Waals surface area contributed by atoms with Gasteiger partial charge in [-0.2, -0.15) is 5.56 Å². The summed E-state index contributed by atoms with van der Waals surface area (Å²) in [6, 6.07) is 5.42. The summed E-state index contributed by atoms with van der Waals surface area (Å²) in [6.07, 6.45) is 6.98. The summed E-state index contributed by atoms with van der Waals surface area (Å²) in [4.78, 5) is 0. The molecule has 0 amide bonds. The fourth-order valence-corrected chi connectivity index (χ4v) is 5.82. The van der Waals surface area contributed by atoms with Crippen LogP contribution >= 0.6 is 0 Å². The molecule has 1 heterocycles. The number of unbranched alkanes of at least 4 members (excludes halogenated alkanes) is 2. The monoisotopic (exact) mass is 431 g/mol. The van der Waals surface area contributed by atoms with Crippen LogP contribution in [0.5, 0.6) is 11.5 Å². The molecule has 0 bridgehead atoms. The molecule has 1 aromatic rings. The van der Waals surface area contributed by atoms with E-state index < -0.39 is 0 Å². The summed E-state index contributed by atoms with van der Waals surface area (Å²) in [6.45, 7) is 9.24. The Kier molecular flexibility index (Phi) is 6.00. The molecule has 2 aliphatic carbocycles. The number of phenols is 1. The van der Waals surface area contributed by atoms with Gasteiger partial charge in [-0.3, -0.25) is 0 Å². The topological polar surface area (TPSA) is 29.5 Å². The average molecular weight is 431 g/mol. The molecule has 1 aliphatic heterocycles. The summed E-state index contributed by atoms with van der Waals surface area (Å²) < 4.78 is 6.49. The van der Waals surface area contributed by atoms with Crippen LogP contribution in [0, 0.1) is 23.3 Å². The van der Waals surface area contributed by atoms with Crippen LogP contribution < -0.4 is 4.74 Å². The van der Waals surface area contributed by atoms with Crippen molar-refractivity contribution in [1.82, 2.24) is 0 Å². The van der Waals surface area contributed by atoms with Gasteiger partial charge in [-0.25, -0.2) is 0 Å². The zero-order valence-electron chi connectivity index (χ0n) is 15.6. The third-order valence-corrected chi connectivity index (χ3v) is 7.02. The summed E-state index contributed by atoms with van der Waals surface area (Å²) >= 11 is 0. The number of aromatic hydroxyl groups is 1. The molecule has 4 rings (SSSR count). The zero-order chi connectivity index (χ0) is 16.4. The van der Waals surface area contributed by atoms with Crippen LogP contribution in [-0.2, 0) is 40.0 Å². The number of fused-ring (bicyclic) bond motifs is 2. The molecule has 2 saturated carbocycles. The third kappa shape index (κ3) is 2.97. The quantitative estimate of drug-likeness (QED) is 0.523. The molecule has 4 atom stereocenters. The largest absolute Gasteiger partial charge is 0.533 e. The van der Waals surface area contributed by atoms with Crippen molar-refractivity contribution >= 4 is 0 Å². The standard InChI is InChI=1S/C21H29O2.2Co/c1-5-6-7-8-13-11-15(22)17-16(12-13)23-21(4)10-9-14-18(21)19(17)20(14,2)3;;/h12,14,18-19,22H,5-10H2,1-4H3;;/q-1;;. The molecule has 4 heteroatoms. The Morgan fingerprint density at radius 3 is 2.64 bits per heavy atom. The van der Waals surface area contributed by atoms with Crippen LogP contribution in [0.2, 0.25) is 0 Å². The fourth-order valence-electron chi connectivity index (χ4n) is 5.82. The van der Waals surface area contributed by atoms with Gasteiger partial charge in [0.05, 0.1) is 0 Å². The fraction of sp³-hybridized carbons (Fsp3) is 0.714. The van der Waals surface area contributed by atoms with E-state index in [1.807, 2.05) is 0 Å². The molecule has 0 spiro atoms. The molecule has 25 heavy (non-hydrogen) atoms. The zero-order valence-corrected chi connectivity index (χ0v) is 17.7. The molecule has 1 N–H and O–H groups in total. The average Bonchev–Trinajstić information content (AvgIpc) is 2.81. The Hall–Kier alpha value is -0.167. The Bertz CT molecular complexity index is 643. The number of phenolic OH excluding ortho intramolecular Hbond substituents is 1. The molecule has 0 saturated heterocycles. The molecule has 144 valence electrons. The molecule has 2 fully saturated rings. The summed E-state index contributed by atoms with van der Waals surface area (Å²) in [5.74, 6) is 3.00. The van der Waals surface area contributed by atoms with Gasteiger partial charge in [0.25, 0.3) is 0 Å². The summed E-state index contributed by atoms with van der Waals surface area (Å²) in [5.41, 5.74) is 2.36. The van der Waals surface area contributed by atoms with Gasteiger partial charge < -0.3 is 9.84 Å². The van der Waals surface area contributed by atoms with Gasteiger partial charge in [0.15, 0.2) is 0 Å². The number of hydrogen-bond donors (Lipinski definition) is 1. The van der Waals surface area contributed by atoms with E-state index in [1.165, 1.54) is 19.3 Å². The van der Waals surface area contributed by atoms with Gasteiger partial charge in [-0.05, 0) is 42.9 Å². The van der Waals surface area contributed by atoms with Crippen LogP contribution in [0.3, 0.4) is 0 Å². The molecule has 4 unspecified atom stereocenters. The van der Waals surface area contributed by atoms with E-state index >= 15 is 0 Å². The normalized spacial score (nSPS) is 33.0. The van der Waals surface area contributed by atoms with Crippen LogP contribution in [0.25, 0.3) is 0 Å². The minimum Gasteiger partial charge on any atom is -0.533 e. The predicted octanol–water partition coefficient (Wildman–Crippen LogP) is 5.22. The molecule has 3 aliphatic rings.